The van der Waals surface area contributed by atoms with Crippen molar-refractivity contribution >= 4 is 16.7 Å². The van der Waals surface area contributed by atoms with Crippen LogP contribution in [0.25, 0.3) is 10.9 Å². The maximum atomic E-state index is 12.8. The summed E-state index contributed by atoms with van der Waals surface area (Å²) in [5, 5.41) is 1.05. The van der Waals surface area contributed by atoms with E-state index in [1.54, 1.807) is 12.4 Å². The van der Waals surface area contributed by atoms with E-state index in [0.717, 1.165) is 40.8 Å². The molecule has 0 bridgehead atoms. The molecule has 0 radical (unpaired) electrons. The van der Waals surface area contributed by atoms with Crippen LogP contribution in [0.5, 0.6) is 0 Å². The standard InChI is InChI=1S/C16H15N3O/c20-16-10(9-14-17-7-8-18-14)5-6-13-15(16)11-3-1-2-4-12(11)19-13/h1-4,7-8,10,19H,5-6,9H2,(H,17,18). The molecule has 2 N–H and O–H groups in total. The zero-order valence-corrected chi connectivity index (χ0v) is 11.0. The molecule has 0 spiro atoms. The summed E-state index contributed by atoms with van der Waals surface area (Å²) in [7, 11) is 0. The smallest absolute Gasteiger partial charge is 0.168 e. The molecule has 1 aliphatic rings. The number of hydrogen-bond donors (Lipinski definition) is 2. The Bertz CT molecular complexity index is 770. The van der Waals surface area contributed by atoms with Crippen LogP contribution in [0.15, 0.2) is 36.7 Å². The fraction of sp³-hybridized carbons (Fsp3) is 0.250. The molecule has 2 aromatic heterocycles. The minimum atomic E-state index is 0.0351. The van der Waals surface area contributed by atoms with Crippen LogP contribution in [0.3, 0.4) is 0 Å². The topological polar surface area (TPSA) is 61.5 Å². The highest BCUT2D eigenvalue weighted by Gasteiger charge is 2.30. The summed E-state index contributed by atoms with van der Waals surface area (Å²) in [6.45, 7) is 0. The molecule has 4 heteroatoms. The predicted molar refractivity (Wildman–Crippen MR) is 76.7 cm³/mol. The minimum absolute atomic E-state index is 0.0351. The van der Waals surface area contributed by atoms with E-state index >= 15 is 0 Å². The van der Waals surface area contributed by atoms with Crippen LogP contribution in [-0.4, -0.2) is 20.7 Å². The second-order valence-corrected chi connectivity index (χ2v) is 5.36. The highest BCUT2D eigenvalue weighted by molar-refractivity contribution is 6.11. The van der Waals surface area contributed by atoms with Crippen molar-refractivity contribution in [1.29, 1.82) is 0 Å². The summed E-state index contributed by atoms with van der Waals surface area (Å²) in [4.78, 5) is 23.5. The van der Waals surface area contributed by atoms with Crippen LogP contribution in [0.2, 0.25) is 0 Å². The second-order valence-electron chi connectivity index (χ2n) is 5.36. The number of hydrogen-bond acceptors (Lipinski definition) is 2. The molecule has 20 heavy (non-hydrogen) atoms. The van der Waals surface area contributed by atoms with Gasteiger partial charge in [0.2, 0.25) is 0 Å². The highest BCUT2D eigenvalue weighted by Crippen LogP contribution is 2.32. The van der Waals surface area contributed by atoms with Crippen LogP contribution in [-0.2, 0) is 12.8 Å². The van der Waals surface area contributed by atoms with Gasteiger partial charge in [0.1, 0.15) is 5.82 Å². The van der Waals surface area contributed by atoms with E-state index < -0.39 is 0 Å². The molecular weight excluding hydrogens is 250 g/mol. The van der Waals surface area contributed by atoms with Gasteiger partial charge in [0.25, 0.3) is 0 Å². The molecule has 0 saturated carbocycles. The van der Waals surface area contributed by atoms with Crippen LogP contribution in [0.4, 0.5) is 0 Å². The van der Waals surface area contributed by atoms with Gasteiger partial charge < -0.3 is 9.97 Å². The lowest BCUT2D eigenvalue weighted by atomic mass is 9.83. The maximum Gasteiger partial charge on any atom is 0.168 e. The number of carbonyl (C=O) groups is 1. The molecule has 0 aliphatic heterocycles. The third-order valence-corrected chi connectivity index (χ3v) is 4.14. The number of nitrogens with zero attached hydrogens (tertiary/aromatic N) is 1. The van der Waals surface area contributed by atoms with Crippen LogP contribution in [0, 0.1) is 5.92 Å². The number of aromatic nitrogens is 3. The number of H-pyrrole nitrogens is 2. The number of aryl methyl sites for hydroxylation is 1. The molecule has 3 aromatic rings. The summed E-state index contributed by atoms with van der Waals surface area (Å²) >= 11 is 0. The van der Waals surface area contributed by atoms with E-state index in [2.05, 4.69) is 15.0 Å². The third kappa shape index (κ3) is 1.68. The van der Waals surface area contributed by atoms with Crippen molar-refractivity contribution < 1.29 is 4.79 Å². The van der Waals surface area contributed by atoms with Crippen LogP contribution < -0.4 is 0 Å². The lowest BCUT2D eigenvalue weighted by Gasteiger charge is -2.20. The first-order valence-corrected chi connectivity index (χ1v) is 6.95. The van der Waals surface area contributed by atoms with E-state index in [0.29, 0.717) is 6.42 Å². The van der Waals surface area contributed by atoms with Crippen molar-refractivity contribution in [3.05, 3.63) is 53.7 Å². The van der Waals surface area contributed by atoms with Crippen LogP contribution in [0.1, 0.15) is 28.3 Å². The molecule has 4 rings (SSSR count). The van der Waals surface area contributed by atoms with Crippen molar-refractivity contribution in [3.63, 3.8) is 0 Å². The Hall–Kier alpha value is -2.36. The molecule has 2 heterocycles. The molecule has 1 atom stereocenters. The Balaban J connectivity index is 1.74. The SMILES string of the molecule is O=C1c2c([nH]c3ccccc23)CCC1Cc1ncc[nH]1. The lowest BCUT2D eigenvalue weighted by Crippen LogP contribution is -2.24. The second kappa shape index (κ2) is 4.34. The monoisotopic (exact) mass is 265 g/mol. The molecule has 100 valence electrons. The van der Waals surface area contributed by atoms with E-state index in [-0.39, 0.29) is 11.7 Å². The summed E-state index contributed by atoms with van der Waals surface area (Å²) in [5.74, 6) is 1.18. The lowest BCUT2D eigenvalue weighted by molar-refractivity contribution is 0.0901. The molecule has 4 nitrogen and oxygen atoms in total. The van der Waals surface area contributed by atoms with Gasteiger partial charge in [0.15, 0.2) is 5.78 Å². The van der Waals surface area contributed by atoms with Crippen molar-refractivity contribution in [2.45, 2.75) is 19.3 Å². The summed E-state index contributed by atoms with van der Waals surface area (Å²) in [5.41, 5.74) is 3.04. The fourth-order valence-corrected chi connectivity index (χ4v) is 3.16. The largest absolute Gasteiger partial charge is 0.358 e. The average Bonchev–Trinajstić information content (AvgIpc) is 3.09. The number of benzene rings is 1. The maximum absolute atomic E-state index is 12.8. The van der Waals surface area contributed by atoms with Crippen molar-refractivity contribution in [3.8, 4) is 0 Å². The van der Waals surface area contributed by atoms with E-state index in [9.17, 15) is 4.79 Å². The quantitative estimate of drug-likeness (QED) is 0.748. The Morgan fingerprint density at radius 3 is 3.05 bits per heavy atom. The molecule has 1 aliphatic carbocycles. The summed E-state index contributed by atoms with van der Waals surface area (Å²) < 4.78 is 0. The zero-order valence-electron chi connectivity index (χ0n) is 11.0. The van der Waals surface area contributed by atoms with Gasteiger partial charge in [0.05, 0.1) is 0 Å². The average molecular weight is 265 g/mol. The molecule has 0 amide bonds. The van der Waals surface area contributed by atoms with Gasteiger partial charge in [0, 0.05) is 46.9 Å². The van der Waals surface area contributed by atoms with Crippen molar-refractivity contribution in [2.24, 2.45) is 5.92 Å². The number of fused-ring (bicyclic) bond motifs is 3. The van der Waals surface area contributed by atoms with E-state index in [1.807, 2.05) is 24.3 Å². The van der Waals surface area contributed by atoms with Gasteiger partial charge in [-0.15, -0.1) is 0 Å². The first-order valence-electron chi connectivity index (χ1n) is 6.95. The van der Waals surface area contributed by atoms with Gasteiger partial charge in [-0.1, -0.05) is 18.2 Å². The van der Waals surface area contributed by atoms with Crippen molar-refractivity contribution in [2.75, 3.05) is 0 Å². The van der Waals surface area contributed by atoms with Gasteiger partial charge in [-0.3, -0.25) is 4.79 Å². The number of aromatic amines is 2. The number of ketones is 1. The van der Waals surface area contributed by atoms with E-state index in [1.165, 1.54) is 0 Å². The molecule has 1 aromatic carbocycles. The predicted octanol–water partition coefficient (Wildman–Crippen LogP) is 2.88. The summed E-state index contributed by atoms with van der Waals surface area (Å²) in [6.07, 6.45) is 6.06. The van der Waals surface area contributed by atoms with Crippen LogP contribution >= 0.6 is 0 Å². The highest BCUT2D eigenvalue weighted by atomic mass is 16.1. The minimum Gasteiger partial charge on any atom is -0.358 e. The summed E-state index contributed by atoms with van der Waals surface area (Å²) in [6, 6.07) is 8.04. The number of imidazole rings is 1. The Kier molecular flexibility index (Phi) is 2.49. The number of Topliss-reactive ketones (excluding diaryl/α,β-unsaturated/α-hetero) is 1. The first-order chi connectivity index (χ1) is 9.83. The third-order valence-electron chi connectivity index (χ3n) is 4.14. The molecule has 0 saturated heterocycles. The zero-order chi connectivity index (χ0) is 13.5. The molecule has 1 unspecified atom stereocenters. The fourth-order valence-electron chi connectivity index (χ4n) is 3.16. The molecule has 0 fully saturated rings. The number of carbonyl (C=O) groups excluding carboxylic acids is 1. The molecular formula is C16H15N3O. The van der Waals surface area contributed by atoms with Crippen molar-refractivity contribution in [1.82, 2.24) is 15.0 Å². The number of nitrogens with one attached hydrogen (secondary N) is 2. The Morgan fingerprint density at radius 2 is 2.20 bits per heavy atom. The van der Waals surface area contributed by atoms with Gasteiger partial charge in [-0.05, 0) is 18.9 Å². The first kappa shape index (κ1) is 11.5. The number of para-hydroxylation sites is 1. The Labute approximate surface area is 116 Å². The Morgan fingerprint density at radius 1 is 1.30 bits per heavy atom. The van der Waals surface area contributed by atoms with Gasteiger partial charge in [-0.25, -0.2) is 4.98 Å². The van der Waals surface area contributed by atoms with Gasteiger partial charge in [-0.2, -0.15) is 0 Å². The normalized spacial score (nSPS) is 18.4. The van der Waals surface area contributed by atoms with Gasteiger partial charge >= 0.3 is 0 Å². The number of rotatable bonds is 2. The van der Waals surface area contributed by atoms with E-state index in [4.69, 9.17) is 0 Å².